The number of aryl methyl sites for hydroxylation is 2. The largest absolute Gasteiger partial charge is 0.493 e. The quantitative estimate of drug-likeness (QED) is 0.373. The summed E-state index contributed by atoms with van der Waals surface area (Å²) in [6.07, 6.45) is 1.44. The van der Waals surface area contributed by atoms with E-state index in [4.69, 9.17) is 23.7 Å². The molecule has 0 aliphatic rings. The van der Waals surface area contributed by atoms with Crippen LogP contribution in [0.25, 0.3) is 0 Å². The molecule has 0 unspecified atom stereocenters. The summed E-state index contributed by atoms with van der Waals surface area (Å²) in [4.78, 5) is 16.2. The smallest absolute Gasteiger partial charge is 0.363 e. The van der Waals surface area contributed by atoms with Crippen molar-refractivity contribution in [3.8, 4) is 28.7 Å². The number of methoxy groups -OCH3 is 4. The van der Waals surface area contributed by atoms with Gasteiger partial charge >= 0.3 is 5.97 Å². The highest BCUT2D eigenvalue weighted by atomic mass is 32.1. The molecule has 1 heterocycles. The van der Waals surface area contributed by atoms with Crippen molar-refractivity contribution in [3.05, 3.63) is 58.0 Å². The summed E-state index contributed by atoms with van der Waals surface area (Å²) in [5.41, 5.74) is 3.87. The van der Waals surface area contributed by atoms with Crippen LogP contribution in [0, 0.1) is 0 Å². The molecule has 0 aliphatic heterocycles. The van der Waals surface area contributed by atoms with E-state index in [0.717, 1.165) is 17.5 Å². The first-order chi connectivity index (χ1) is 14.6. The molecule has 158 valence electrons. The first kappa shape index (κ1) is 21.4. The van der Waals surface area contributed by atoms with E-state index in [0.29, 0.717) is 35.2 Å². The third kappa shape index (κ3) is 4.83. The Labute approximate surface area is 179 Å². The van der Waals surface area contributed by atoms with Crippen LogP contribution >= 0.6 is 11.3 Å². The van der Waals surface area contributed by atoms with Gasteiger partial charge in [-0.2, -0.15) is 0 Å². The number of carbonyl (C=O) groups is 1. The number of aromatic nitrogens is 1. The summed E-state index contributed by atoms with van der Waals surface area (Å²) in [7, 11) is 6.29. The molecule has 0 saturated carbocycles. The first-order valence-corrected chi connectivity index (χ1v) is 10.1. The molecule has 1 aromatic heterocycles. The van der Waals surface area contributed by atoms with Crippen LogP contribution in [0.1, 0.15) is 21.6 Å². The number of carbonyl (C=O) groups excluding carboxylic acids is 1. The highest BCUT2D eigenvalue weighted by Crippen LogP contribution is 2.38. The van der Waals surface area contributed by atoms with Crippen molar-refractivity contribution in [1.29, 1.82) is 0 Å². The molecule has 0 atom stereocenters. The highest BCUT2D eigenvalue weighted by molar-refractivity contribution is 7.07. The summed E-state index contributed by atoms with van der Waals surface area (Å²) in [6, 6.07) is 9.38. The Bertz CT molecular complexity index is 978. The summed E-state index contributed by atoms with van der Waals surface area (Å²) in [6.45, 7) is 0. The van der Waals surface area contributed by atoms with Crippen molar-refractivity contribution in [2.75, 3.05) is 28.4 Å². The minimum absolute atomic E-state index is 0.268. The number of thiazole rings is 1. The summed E-state index contributed by atoms with van der Waals surface area (Å²) >= 11 is 1.33. The van der Waals surface area contributed by atoms with Gasteiger partial charge in [-0.1, -0.05) is 6.07 Å². The van der Waals surface area contributed by atoms with Gasteiger partial charge in [0.05, 0.1) is 33.9 Å². The number of nitrogens with zero attached hydrogens (tertiary/aromatic N) is 1. The fourth-order valence-corrected chi connectivity index (χ4v) is 3.51. The Morgan fingerprint density at radius 2 is 1.47 bits per heavy atom. The van der Waals surface area contributed by atoms with E-state index in [9.17, 15) is 4.79 Å². The lowest BCUT2D eigenvalue weighted by atomic mass is 10.0. The van der Waals surface area contributed by atoms with Gasteiger partial charge in [0, 0.05) is 5.38 Å². The van der Waals surface area contributed by atoms with Gasteiger partial charge in [0.25, 0.3) is 0 Å². The molecule has 2 aromatic carbocycles. The molecule has 0 spiro atoms. The zero-order valence-electron chi connectivity index (χ0n) is 17.3. The fraction of sp³-hybridized carbons (Fsp3) is 0.273. The number of benzene rings is 2. The van der Waals surface area contributed by atoms with Crippen LogP contribution in [0.4, 0.5) is 0 Å². The third-order valence-corrected chi connectivity index (χ3v) is 5.09. The lowest BCUT2D eigenvalue weighted by Crippen LogP contribution is -2.10. The molecule has 0 amide bonds. The predicted octanol–water partition coefficient (Wildman–Crippen LogP) is 4.18. The summed E-state index contributed by atoms with van der Waals surface area (Å²) in [5, 5.41) is 1.64. The lowest BCUT2D eigenvalue weighted by molar-refractivity contribution is 0.0724. The van der Waals surface area contributed by atoms with Crippen molar-refractivity contribution >= 4 is 17.3 Å². The minimum atomic E-state index is -0.517. The Morgan fingerprint density at radius 3 is 2.03 bits per heavy atom. The minimum Gasteiger partial charge on any atom is -0.493 e. The summed E-state index contributed by atoms with van der Waals surface area (Å²) in [5.74, 6) is 2.10. The molecule has 0 N–H and O–H groups in total. The van der Waals surface area contributed by atoms with Gasteiger partial charge in [-0.15, -0.1) is 11.3 Å². The second kappa shape index (κ2) is 9.98. The van der Waals surface area contributed by atoms with E-state index in [-0.39, 0.29) is 5.69 Å². The van der Waals surface area contributed by atoms with Crippen LogP contribution in [0.5, 0.6) is 28.7 Å². The van der Waals surface area contributed by atoms with E-state index >= 15 is 0 Å². The Hall–Kier alpha value is -3.26. The van der Waals surface area contributed by atoms with Crippen LogP contribution in [0.15, 0.2) is 41.2 Å². The van der Waals surface area contributed by atoms with E-state index in [1.165, 1.54) is 18.4 Å². The van der Waals surface area contributed by atoms with Gasteiger partial charge in [0.1, 0.15) is 0 Å². The van der Waals surface area contributed by atoms with Gasteiger partial charge < -0.3 is 23.7 Å². The van der Waals surface area contributed by atoms with Gasteiger partial charge in [0.2, 0.25) is 5.75 Å². The zero-order chi connectivity index (χ0) is 21.5. The van der Waals surface area contributed by atoms with Crippen LogP contribution in [-0.4, -0.2) is 39.4 Å². The molecule has 30 heavy (non-hydrogen) atoms. The maximum atomic E-state index is 12.3. The Kier molecular flexibility index (Phi) is 7.13. The topological polar surface area (TPSA) is 76.1 Å². The zero-order valence-corrected chi connectivity index (χ0v) is 18.1. The van der Waals surface area contributed by atoms with Crippen molar-refractivity contribution in [2.24, 2.45) is 0 Å². The number of esters is 1. The van der Waals surface area contributed by atoms with Gasteiger partial charge in [-0.3, -0.25) is 0 Å². The van der Waals surface area contributed by atoms with Crippen LogP contribution in [-0.2, 0) is 12.8 Å². The van der Waals surface area contributed by atoms with E-state index < -0.39 is 5.97 Å². The van der Waals surface area contributed by atoms with Crippen molar-refractivity contribution < 1.29 is 28.5 Å². The van der Waals surface area contributed by atoms with E-state index in [2.05, 4.69) is 4.98 Å². The van der Waals surface area contributed by atoms with Crippen LogP contribution in [0.2, 0.25) is 0 Å². The molecule has 0 fully saturated rings. The Balaban J connectivity index is 1.78. The van der Waals surface area contributed by atoms with Gasteiger partial charge in [-0.25, -0.2) is 9.78 Å². The van der Waals surface area contributed by atoms with E-state index in [1.54, 1.807) is 44.4 Å². The molecule has 0 aliphatic carbocycles. The number of hydrogen-bond donors (Lipinski definition) is 0. The Morgan fingerprint density at radius 1 is 0.833 bits per heavy atom. The SMILES string of the molecule is COc1ccc(CCc2cc(OC)c(OC)c(OC)c2)cc1OC(=O)c1cscn1. The van der Waals surface area contributed by atoms with Gasteiger partial charge in [0.15, 0.2) is 28.7 Å². The van der Waals surface area contributed by atoms with E-state index in [1.807, 2.05) is 18.2 Å². The van der Waals surface area contributed by atoms with Crippen LogP contribution in [0.3, 0.4) is 0 Å². The fourth-order valence-electron chi connectivity index (χ4n) is 2.99. The molecule has 7 nitrogen and oxygen atoms in total. The molecule has 3 rings (SSSR count). The normalized spacial score (nSPS) is 10.4. The molecular weight excluding hydrogens is 406 g/mol. The van der Waals surface area contributed by atoms with Gasteiger partial charge in [-0.05, 0) is 48.2 Å². The maximum Gasteiger partial charge on any atom is 0.363 e. The third-order valence-electron chi connectivity index (χ3n) is 4.50. The van der Waals surface area contributed by atoms with Crippen LogP contribution < -0.4 is 23.7 Å². The first-order valence-electron chi connectivity index (χ1n) is 9.15. The van der Waals surface area contributed by atoms with Crippen molar-refractivity contribution in [3.63, 3.8) is 0 Å². The molecule has 0 bridgehead atoms. The maximum absolute atomic E-state index is 12.3. The standard InChI is InChI=1S/C22H23NO6S/c1-25-17-8-7-14(9-18(17)29-22(24)16-12-30-13-23-16)5-6-15-10-19(26-2)21(28-4)20(11-15)27-3/h7-13H,5-6H2,1-4H3. The summed E-state index contributed by atoms with van der Waals surface area (Å²) < 4.78 is 27.0. The second-order valence-corrected chi connectivity index (χ2v) is 7.00. The molecule has 3 aromatic rings. The highest BCUT2D eigenvalue weighted by Gasteiger charge is 2.16. The average molecular weight is 429 g/mol. The van der Waals surface area contributed by atoms with Crippen molar-refractivity contribution in [2.45, 2.75) is 12.8 Å². The lowest BCUT2D eigenvalue weighted by Gasteiger charge is -2.14. The average Bonchev–Trinajstić information content (AvgIpc) is 3.32. The number of rotatable bonds is 9. The molecule has 8 heteroatoms. The van der Waals surface area contributed by atoms with Crippen molar-refractivity contribution in [1.82, 2.24) is 4.98 Å². The number of ether oxygens (including phenoxy) is 5. The number of hydrogen-bond acceptors (Lipinski definition) is 8. The molecule has 0 radical (unpaired) electrons. The predicted molar refractivity (Wildman–Crippen MR) is 114 cm³/mol. The second-order valence-electron chi connectivity index (χ2n) is 6.28. The monoisotopic (exact) mass is 429 g/mol. The molecule has 0 saturated heterocycles. The molecular formula is C22H23NO6S.